The van der Waals surface area contributed by atoms with Gasteiger partial charge in [0.1, 0.15) is 0 Å². The number of carbonyl (C=O) groups excluding carboxylic acids is 1. The van der Waals surface area contributed by atoms with Crippen molar-refractivity contribution in [3.63, 3.8) is 0 Å². The summed E-state index contributed by atoms with van der Waals surface area (Å²) >= 11 is 1.44. The normalized spacial score (nSPS) is 19.9. The highest BCUT2D eigenvalue weighted by Gasteiger charge is 2.54. The summed E-state index contributed by atoms with van der Waals surface area (Å²) < 4.78 is 0. The predicted molar refractivity (Wildman–Crippen MR) is 115 cm³/mol. The number of hydrazone groups is 1. The maximum Gasteiger partial charge on any atom is 0.270 e. The lowest BCUT2D eigenvalue weighted by atomic mass is 9.96. The number of hydrogen-bond acceptors (Lipinski definition) is 4. The Kier molecular flexibility index (Phi) is 3.98. The third-order valence-electron chi connectivity index (χ3n) is 5.29. The molecule has 2 aliphatic heterocycles. The average molecular weight is 385 g/mol. The van der Waals surface area contributed by atoms with Crippen molar-refractivity contribution in [2.24, 2.45) is 5.10 Å². The Morgan fingerprint density at radius 3 is 2.39 bits per heavy atom. The molecule has 138 valence electrons. The van der Waals surface area contributed by atoms with E-state index in [1.807, 2.05) is 41.3 Å². The molecule has 2 aliphatic rings. The molecule has 2 heterocycles. The van der Waals surface area contributed by atoms with Gasteiger partial charge in [0.05, 0.1) is 17.8 Å². The fraction of sp³-hybridized carbons (Fsp3) is 0.130. The molecule has 0 fully saturated rings. The lowest BCUT2D eigenvalue weighted by Gasteiger charge is -2.22. The van der Waals surface area contributed by atoms with Crippen LogP contribution in [0.15, 0.2) is 77.9 Å². The summed E-state index contributed by atoms with van der Waals surface area (Å²) in [6.07, 6.45) is 0. The zero-order valence-electron chi connectivity index (χ0n) is 15.4. The van der Waals surface area contributed by atoms with E-state index >= 15 is 0 Å². The second-order valence-electron chi connectivity index (χ2n) is 7.08. The van der Waals surface area contributed by atoms with Gasteiger partial charge in [0, 0.05) is 5.56 Å². The highest BCUT2D eigenvalue weighted by Crippen LogP contribution is 2.51. The van der Waals surface area contributed by atoms with Gasteiger partial charge in [0.15, 0.2) is 0 Å². The maximum absolute atomic E-state index is 13.6. The van der Waals surface area contributed by atoms with Gasteiger partial charge < -0.3 is 4.90 Å². The Morgan fingerprint density at radius 1 is 1.00 bits per heavy atom. The Bertz CT molecular complexity index is 1070. The summed E-state index contributed by atoms with van der Waals surface area (Å²) in [7, 11) is 0. The Balaban J connectivity index is 1.66. The van der Waals surface area contributed by atoms with E-state index in [9.17, 15) is 4.79 Å². The lowest BCUT2D eigenvalue weighted by molar-refractivity contribution is -0.121. The number of thioether (sulfide) groups is 1. The Hall–Kier alpha value is -3.05. The van der Waals surface area contributed by atoms with Gasteiger partial charge in [-0.2, -0.15) is 5.10 Å². The largest absolute Gasteiger partial charge is 0.304 e. The van der Waals surface area contributed by atoms with E-state index < -0.39 is 4.87 Å². The van der Waals surface area contributed by atoms with Crippen molar-refractivity contribution in [1.82, 2.24) is 5.43 Å². The van der Waals surface area contributed by atoms with Crippen LogP contribution in [0.4, 0.5) is 5.69 Å². The number of amides is 1. The number of aryl methyl sites for hydroxylation is 1. The molecule has 0 aromatic heterocycles. The summed E-state index contributed by atoms with van der Waals surface area (Å²) in [5.74, 6) is 0.0298. The summed E-state index contributed by atoms with van der Waals surface area (Å²) in [4.78, 5) is 14.6. The molecule has 0 saturated carbocycles. The fourth-order valence-electron chi connectivity index (χ4n) is 4.00. The number of nitrogens with zero attached hydrogens (tertiary/aromatic N) is 2. The molecule has 1 unspecified atom stereocenters. The maximum atomic E-state index is 13.6. The van der Waals surface area contributed by atoms with Crippen molar-refractivity contribution < 1.29 is 4.79 Å². The highest BCUT2D eigenvalue weighted by atomic mass is 32.2. The first-order valence-corrected chi connectivity index (χ1v) is 10.1. The molecule has 5 rings (SSSR count). The van der Waals surface area contributed by atoms with E-state index in [0.717, 1.165) is 33.5 Å². The van der Waals surface area contributed by atoms with Gasteiger partial charge in [-0.1, -0.05) is 72.4 Å². The van der Waals surface area contributed by atoms with Crippen LogP contribution in [-0.2, 0) is 16.2 Å². The van der Waals surface area contributed by atoms with Gasteiger partial charge in [-0.3, -0.25) is 10.2 Å². The average Bonchev–Trinajstić information content (AvgIpc) is 3.31. The molecule has 0 saturated heterocycles. The van der Waals surface area contributed by atoms with Crippen LogP contribution in [0.25, 0.3) is 11.1 Å². The SMILES string of the molecule is Cc1cc(-c2ccccc2)cc2c1N(Cc1ccccc1)C(=O)C21NN=CS1. The molecular weight excluding hydrogens is 366 g/mol. The van der Waals surface area contributed by atoms with Gasteiger partial charge >= 0.3 is 0 Å². The second kappa shape index (κ2) is 6.53. The molecule has 0 aliphatic carbocycles. The lowest BCUT2D eigenvalue weighted by Crippen LogP contribution is -2.44. The van der Waals surface area contributed by atoms with Gasteiger partial charge in [-0.05, 0) is 41.3 Å². The quantitative estimate of drug-likeness (QED) is 0.714. The number of anilines is 1. The molecule has 1 N–H and O–H groups in total. The summed E-state index contributed by atoms with van der Waals surface area (Å²) in [5, 5.41) is 4.18. The van der Waals surface area contributed by atoms with Crippen LogP contribution in [0.2, 0.25) is 0 Å². The molecular formula is C23H19N3OS. The van der Waals surface area contributed by atoms with Crippen LogP contribution in [-0.4, -0.2) is 11.5 Å². The van der Waals surface area contributed by atoms with Crippen molar-refractivity contribution in [2.75, 3.05) is 4.90 Å². The highest BCUT2D eigenvalue weighted by molar-refractivity contribution is 8.13. The van der Waals surface area contributed by atoms with Gasteiger partial charge in [0.25, 0.3) is 5.91 Å². The van der Waals surface area contributed by atoms with Crippen LogP contribution < -0.4 is 10.3 Å². The number of fused-ring (bicyclic) bond motifs is 2. The molecule has 28 heavy (non-hydrogen) atoms. The number of rotatable bonds is 3. The molecule has 0 bridgehead atoms. The van der Waals surface area contributed by atoms with Crippen LogP contribution in [0.1, 0.15) is 16.7 Å². The van der Waals surface area contributed by atoms with Crippen LogP contribution in [0, 0.1) is 6.92 Å². The van der Waals surface area contributed by atoms with Crippen LogP contribution in [0.3, 0.4) is 0 Å². The van der Waals surface area contributed by atoms with Crippen molar-refractivity contribution >= 4 is 28.9 Å². The molecule has 5 heteroatoms. The van der Waals surface area contributed by atoms with Crippen molar-refractivity contribution in [1.29, 1.82) is 0 Å². The van der Waals surface area contributed by atoms with E-state index in [0.29, 0.717) is 6.54 Å². The van der Waals surface area contributed by atoms with Crippen molar-refractivity contribution in [3.8, 4) is 11.1 Å². The smallest absolute Gasteiger partial charge is 0.270 e. The number of hydrogen-bond donors (Lipinski definition) is 1. The topological polar surface area (TPSA) is 44.7 Å². The van der Waals surface area contributed by atoms with Gasteiger partial charge in [0.2, 0.25) is 4.87 Å². The van der Waals surface area contributed by atoms with E-state index in [2.05, 4.69) is 53.8 Å². The molecule has 0 radical (unpaired) electrons. The molecule has 3 aromatic rings. The van der Waals surface area contributed by atoms with Crippen LogP contribution >= 0.6 is 11.8 Å². The first-order chi connectivity index (χ1) is 13.7. The zero-order chi connectivity index (χ0) is 19.1. The molecule has 1 atom stereocenters. The summed E-state index contributed by atoms with van der Waals surface area (Å²) in [6.45, 7) is 2.62. The summed E-state index contributed by atoms with van der Waals surface area (Å²) in [5.41, 5.74) is 11.2. The minimum absolute atomic E-state index is 0.0298. The Morgan fingerprint density at radius 2 is 1.71 bits per heavy atom. The molecule has 3 aromatic carbocycles. The van der Waals surface area contributed by atoms with E-state index in [4.69, 9.17) is 0 Å². The van der Waals surface area contributed by atoms with E-state index in [1.54, 1.807) is 5.55 Å². The predicted octanol–water partition coefficient (Wildman–Crippen LogP) is 4.64. The third-order valence-corrected chi connectivity index (χ3v) is 6.34. The van der Waals surface area contributed by atoms with Crippen LogP contribution in [0.5, 0.6) is 0 Å². The number of carbonyl (C=O) groups is 1. The standard InChI is InChI=1S/C23H19N3OS/c1-16-12-19(18-10-6-3-7-11-18)13-20-21(16)26(14-17-8-4-2-5-9-17)22(27)23(20)25-24-15-28-23/h2-13,15,25H,14H2,1H3. The number of benzene rings is 3. The summed E-state index contributed by atoms with van der Waals surface area (Å²) in [6, 6.07) is 24.7. The second-order valence-corrected chi connectivity index (χ2v) is 8.14. The molecule has 4 nitrogen and oxygen atoms in total. The Labute approximate surface area is 168 Å². The monoisotopic (exact) mass is 385 g/mol. The van der Waals surface area contributed by atoms with Gasteiger partial charge in [-0.25, -0.2) is 0 Å². The van der Waals surface area contributed by atoms with E-state index in [-0.39, 0.29) is 5.91 Å². The third kappa shape index (κ3) is 2.54. The van der Waals surface area contributed by atoms with Gasteiger partial charge in [-0.15, -0.1) is 0 Å². The zero-order valence-corrected chi connectivity index (χ0v) is 16.2. The minimum Gasteiger partial charge on any atom is -0.304 e. The number of nitrogens with one attached hydrogen (secondary N) is 1. The first-order valence-electron chi connectivity index (χ1n) is 9.22. The minimum atomic E-state index is -0.875. The molecule has 1 spiro atoms. The van der Waals surface area contributed by atoms with E-state index in [1.165, 1.54) is 11.8 Å². The van der Waals surface area contributed by atoms with Crippen molar-refractivity contribution in [3.05, 3.63) is 89.5 Å². The molecule has 1 amide bonds. The van der Waals surface area contributed by atoms with Crippen molar-refractivity contribution in [2.45, 2.75) is 18.3 Å². The first kappa shape index (κ1) is 17.1. The fourth-order valence-corrected chi connectivity index (χ4v) is 4.86.